The summed E-state index contributed by atoms with van der Waals surface area (Å²) in [6.07, 6.45) is 0.518. The smallest absolute Gasteiger partial charge is 0.407 e. The third-order valence-electron chi connectivity index (χ3n) is 5.54. The summed E-state index contributed by atoms with van der Waals surface area (Å²) in [5.74, 6) is -1.68. The Morgan fingerprint density at radius 3 is 2.32 bits per heavy atom. The fraction of sp³-hybridized carbons (Fsp3) is 0.250. The van der Waals surface area contributed by atoms with Gasteiger partial charge in [0.1, 0.15) is 17.7 Å². The lowest BCUT2D eigenvalue weighted by atomic mass is 9.98. The summed E-state index contributed by atoms with van der Waals surface area (Å²) in [4.78, 5) is 40.4. The van der Waals surface area contributed by atoms with Crippen molar-refractivity contribution in [1.82, 2.24) is 15.6 Å². The van der Waals surface area contributed by atoms with Gasteiger partial charge < -0.3 is 20.5 Å². The Morgan fingerprint density at radius 2 is 1.74 bits per heavy atom. The number of carbonyl (C=O) groups is 3. The summed E-state index contributed by atoms with van der Waals surface area (Å²) < 4.78 is 6.33. The molecule has 1 aliphatic rings. The monoisotopic (exact) mass is 543 g/mol. The Kier molecular flexibility index (Phi) is 7.59. The first-order valence-corrected chi connectivity index (χ1v) is 12.2. The van der Waals surface area contributed by atoms with Crippen LogP contribution in [0.5, 0.6) is 0 Å². The van der Waals surface area contributed by atoms with Gasteiger partial charge in [0.05, 0.1) is 16.5 Å². The maximum absolute atomic E-state index is 12.6. The van der Waals surface area contributed by atoms with E-state index in [1.165, 1.54) is 11.3 Å². The van der Waals surface area contributed by atoms with Gasteiger partial charge in [-0.05, 0) is 44.6 Å². The molecule has 2 aromatic carbocycles. The Morgan fingerprint density at radius 1 is 1.09 bits per heavy atom. The molecule has 0 saturated heterocycles. The van der Waals surface area contributed by atoms with Crippen LogP contribution in [0.4, 0.5) is 4.79 Å². The molecule has 0 aliphatic heterocycles. The van der Waals surface area contributed by atoms with Crippen molar-refractivity contribution in [3.05, 3.63) is 74.6 Å². The molecule has 0 radical (unpaired) electrons. The minimum absolute atomic E-state index is 0.0626. The molecule has 176 valence electrons. The van der Waals surface area contributed by atoms with E-state index in [0.717, 1.165) is 26.0 Å². The van der Waals surface area contributed by atoms with Crippen LogP contribution in [0.25, 0.3) is 11.1 Å². The average Bonchev–Trinajstić information content (AvgIpc) is 3.39. The first-order chi connectivity index (χ1) is 16.4. The highest BCUT2D eigenvalue weighted by molar-refractivity contribution is 9.11. The normalized spacial score (nSPS) is 13.0. The van der Waals surface area contributed by atoms with Crippen LogP contribution in [0.15, 0.2) is 58.5 Å². The van der Waals surface area contributed by atoms with Gasteiger partial charge in [-0.2, -0.15) is 0 Å². The van der Waals surface area contributed by atoms with Crippen LogP contribution in [0.1, 0.15) is 34.9 Å². The van der Waals surface area contributed by atoms with E-state index in [2.05, 4.69) is 31.5 Å². The zero-order chi connectivity index (χ0) is 24.1. The van der Waals surface area contributed by atoms with E-state index >= 15 is 0 Å². The van der Waals surface area contributed by atoms with Crippen molar-refractivity contribution in [3.8, 4) is 11.1 Å². The largest absolute Gasteiger partial charge is 0.481 e. The molecule has 1 atom stereocenters. The van der Waals surface area contributed by atoms with Crippen molar-refractivity contribution < 1.29 is 24.2 Å². The Labute approximate surface area is 208 Å². The van der Waals surface area contributed by atoms with Crippen molar-refractivity contribution in [2.75, 3.05) is 6.61 Å². The number of carbonyl (C=O) groups excluding carboxylic acids is 2. The van der Waals surface area contributed by atoms with Crippen LogP contribution in [0, 0.1) is 0 Å². The minimum Gasteiger partial charge on any atom is -0.481 e. The number of rotatable bonds is 9. The summed E-state index contributed by atoms with van der Waals surface area (Å²) in [6, 6.07) is 14.9. The number of halogens is 1. The summed E-state index contributed by atoms with van der Waals surface area (Å²) in [5, 5.41) is 14.9. The first-order valence-electron chi connectivity index (χ1n) is 10.6. The fourth-order valence-electron chi connectivity index (χ4n) is 3.97. The van der Waals surface area contributed by atoms with E-state index in [1.807, 2.05) is 48.5 Å². The number of amides is 2. The molecule has 0 spiro atoms. The SMILES string of the molecule is O=C(O)CCC(NC(=O)OCC1c2ccccc2-c2ccccc21)C(=O)NCc1ncc(Br)s1. The molecular formula is C24H22BrN3O5S. The Balaban J connectivity index is 1.38. The predicted octanol–water partition coefficient (Wildman–Crippen LogP) is 4.29. The zero-order valence-electron chi connectivity index (χ0n) is 18.0. The van der Waals surface area contributed by atoms with Crippen LogP contribution in [0.3, 0.4) is 0 Å². The van der Waals surface area contributed by atoms with Crippen molar-refractivity contribution >= 4 is 45.2 Å². The molecule has 0 saturated carbocycles. The van der Waals surface area contributed by atoms with E-state index in [0.29, 0.717) is 5.01 Å². The number of nitrogens with zero attached hydrogens (tertiary/aromatic N) is 1. The quantitative estimate of drug-likeness (QED) is 0.370. The lowest BCUT2D eigenvalue weighted by Crippen LogP contribution is -2.47. The van der Waals surface area contributed by atoms with E-state index in [-0.39, 0.29) is 31.9 Å². The molecule has 0 fully saturated rings. The van der Waals surface area contributed by atoms with Gasteiger partial charge in [0.2, 0.25) is 5.91 Å². The molecule has 3 N–H and O–H groups in total. The van der Waals surface area contributed by atoms with Crippen LogP contribution in [-0.4, -0.2) is 40.7 Å². The number of carboxylic acids is 1. The lowest BCUT2D eigenvalue weighted by molar-refractivity contribution is -0.137. The average molecular weight is 544 g/mol. The fourth-order valence-corrected chi connectivity index (χ4v) is 5.22. The number of aliphatic carboxylic acids is 1. The molecule has 2 amide bonds. The van der Waals surface area contributed by atoms with Crippen molar-refractivity contribution in [2.24, 2.45) is 0 Å². The standard InChI is InChI=1S/C24H22BrN3O5S/c25-20-11-26-21(34-20)12-27-23(31)19(9-10-22(29)30)28-24(32)33-13-18-16-7-3-1-5-14(16)15-6-2-4-8-17(15)18/h1-8,11,18-19H,9-10,12-13H2,(H,27,31)(H,28,32)(H,29,30). The van der Waals surface area contributed by atoms with Gasteiger partial charge in [0, 0.05) is 12.3 Å². The van der Waals surface area contributed by atoms with Crippen LogP contribution >= 0.6 is 27.3 Å². The number of hydrogen-bond acceptors (Lipinski definition) is 6. The van der Waals surface area contributed by atoms with Gasteiger partial charge in [-0.15, -0.1) is 11.3 Å². The van der Waals surface area contributed by atoms with Gasteiger partial charge in [-0.1, -0.05) is 48.5 Å². The van der Waals surface area contributed by atoms with Gasteiger partial charge in [0.15, 0.2) is 0 Å². The molecule has 34 heavy (non-hydrogen) atoms. The Bertz CT molecular complexity index is 1170. The number of hydrogen-bond donors (Lipinski definition) is 3. The molecule has 4 rings (SSSR count). The molecule has 10 heteroatoms. The van der Waals surface area contributed by atoms with Crippen LogP contribution in [-0.2, 0) is 20.9 Å². The summed E-state index contributed by atoms with van der Waals surface area (Å²) >= 11 is 4.68. The van der Waals surface area contributed by atoms with Crippen molar-refractivity contribution in [3.63, 3.8) is 0 Å². The molecule has 3 aromatic rings. The summed E-state index contributed by atoms with van der Waals surface area (Å²) in [7, 11) is 0. The van der Waals surface area contributed by atoms with Crippen LogP contribution in [0.2, 0.25) is 0 Å². The number of alkyl carbamates (subject to hydrolysis) is 1. The van der Waals surface area contributed by atoms with E-state index in [4.69, 9.17) is 9.84 Å². The third-order valence-corrected chi connectivity index (χ3v) is 7.01. The third kappa shape index (κ3) is 5.63. The molecule has 1 aromatic heterocycles. The molecule has 1 heterocycles. The summed E-state index contributed by atoms with van der Waals surface area (Å²) in [6.45, 7) is 0.269. The second-order valence-corrected chi connectivity index (χ2v) is 10.2. The highest BCUT2D eigenvalue weighted by atomic mass is 79.9. The van der Waals surface area contributed by atoms with Crippen molar-refractivity contribution in [1.29, 1.82) is 0 Å². The summed E-state index contributed by atoms with van der Waals surface area (Å²) in [5.41, 5.74) is 4.37. The number of benzene rings is 2. The number of thiazole rings is 1. The minimum atomic E-state index is -1.06. The van der Waals surface area contributed by atoms with Gasteiger partial charge >= 0.3 is 12.1 Å². The topological polar surface area (TPSA) is 118 Å². The number of nitrogens with one attached hydrogen (secondary N) is 2. The van der Waals surface area contributed by atoms with Gasteiger partial charge in [0.25, 0.3) is 0 Å². The van der Waals surface area contributed by atoms with E-state index in [9.17, 15) is 14.4 Å². The maximum Gasteiger partial charge on any atom is 0.407 e. The molecular weight excluding hydrogens is 522 g/mol. The van der Waals surface area contributed by atoms with Crippen LogP contribution < -0.4 is 10.6 Å². The van der Waals surface area contributed by atoms with Crippen molar-refractivity contribution in [2.45, 2.75) is 31.3 Å². The molecule has 0 bridgehead atoms. The second kappa shape index (κ2) is 10.8. The number of aromatic nitrogens is 1. The molecule has 1 aliphatic carbocycles. The van der Waals surface area contributed by atoms with E-state index < -0.39 is 24.0 Å². The predicted molar refractivity (Wildman–Crippen MR) is 131 cm³/mol. The lowest BCUT2D eigenvalue weighted by Gasteiger charge is -2.19. The number of fused-ring (bicyclic) bond motifs is 3. The zero-order valence-corrected chi connectivity index (χ0v) is 20.4. The maximum atomic E-state index is 12.6. The number of carboxylic acid groups (broad SMARTS) is 1. The molecule has 1 unspecified atom stereocenters. The Hall–Kier alpha value is -3.24. The molecule has 8 nitrogen and oxygen atoms in total. The first kappa shape index (κ1) is 23.9. The highest BCUT2D eigenvalue weighted by Crippen LogP contribution is 2.44. The van der Waals surface area contributed by atoms with E-state index in [1.54, 1.807) is 6.20 Å². The number of ether oxygens (including phenoxy) is 1. The van der Waals surface area contributed by atoms with Gasteiger partial charge in [-0.25, -0.2) is 9.78 Å². The second-order valence-electron chi connectivity index (χ2n) is 7.73. The van der Waals surface area contributed by atoms with Gasteiger partial charge in [-0.3, -0.25) is 9.59 Å². The highest BCUT2D eigenvalue weighted by Gasteiger charge is 2.30.